The summed E-state index contributed by atoms with van der Waals surface area (Å²) in [5, 5.41) is 22.9. The molecule has 8 heteroatoms. The van der Waals surface area contributed by atoms with Crippen LogP contribution in [0.2, 0.25) is 0 Å². The van der Waals surface area contributed by atoms with Crippen LogP contribution >= 0.6 is 0 Å². The van der Waals surface area contributed by atoms with Gasteiger partial charge in [-0.05, 0) is 50.0 Å². The number of hydrogen-bond donors (Lipinski definition) is 3. The monoisotopic (exact) mass is 475 g/mol. The number of cyclic esters (lactones) is 1. The van der Waals surface area contributed by atoms with Gasteiger partial charge < -0.3 is 14.9 Å². The molecule has 0 aromatic rings. The maximum absolute atomic E-state index is 13.0. The molecule has 2 aliphatic heterocycles. The Balaban J connectivity index is 2.10. The Labute approximate surface area is 201 Å². The Kier molecular flexibility index (Phi) is 10.9. The van der Waals surface area contributed by atoms with E-state index in [4.69, 9.17) is 4.74 Å². The molecule has 5 atom stereocenters. The van der Waals surface area contributed by atoms with Crippen LogP contribution in [-0.2, 0) is 23.9 Å². The molecule has 1 fully saturated rings. The van der Waals surface area contributed by atoms with E-state index < -0.39 is 30.2 Å². The predicted octanol–water partition coefficient (Wildman–Crippen LogP) is 2.54. The first-order valence-corrected chi connectivity index (χ1v) is 12.0. The van der Waals surface area contributed by atoms with Crippen molar-refractivity contribution >= 4 is 23.6 Å². The van der Waals surface area contributed by atoms with Gasteiger partial charge in [0.1, 0.15) is 11.9 Å². The summed E-state index contributed by atoms with van der Waals surface area (Å²) < 4.78 is 5.65. The number of allylic oxidation sites excluding steroid dienone is 3. The Bertz CT molecular complexity index is 828. The molecule has 2 amide bonds. The van der Waals surface area contributed by atoms with Gasteiger partial charge in [0.05, 0.1) is 18.1 Å². The normalized spacial score (nSPS) is 30.7. The number of carbonyl (C=O) groups is 4. The minimum atomic E-state index is -1.00. The third-order valence-electron chi connectivity index (χ3n) is 6.20. The van der Waals surface area contributed by atoms with Crippen LogP contribution in [0.1, 0.15) is 65.7 Å². The van der Waals surface area contributed by atoms with E-state index in [9.17, 15) is 29.4 Å². The molecule has 0 unspecified atom stereocenters. The number of aliphatic hydroxyl groups is 2. The Morgan fingerprint density at radius 3 is 2.50 bits per heavy atom. The van der Waals surface area contributed by atoms with Crippen LogP contribution in [0.4, 0.5) is 0 Å². The van der Waals surface area contributed by atoms with Crippen molar-refractivity contribution in [3.8, 4) is 0 Å². The molecule has 8 nitrogen and oxygen atoms in total. The fourth-order valence-corrected chi connectivity index (χ4v) is 4.53. The fourth-order valence-electron chi connectivity index (χ4n) is 4.53. The van der Waals surface area contributed by atoms with Crippen molar-refractivity contribution in [2.75, 3.05) is 0 Å². The van der Waals surface area contributed by atoms with Gasteiger partial charge in [-0.1, -0.05) is 38.2 Å². The summed E-state index contributed by atoms with van der Waals surface area (Å²) in [5.41, 5.74) is 0.701. The van der Waals surface area contributed by atoms with Crippen molar-refractivity contribution in [3.05, 3.63) is 36.0 Å². The fraction of sp³-hybridized carbons (Fsp3) is 0.615. The van der Waals surface area contributed by atoms with E-state index in [1.165, 1.54) is 6.08 Å². The van der Waals surface area contributed by atoms with Gasteiger partial charge in [-0.3, -0.25) is 19.7 Å². The first kappa shape index (κ1) is 27.7. The van der Waals surface area contributed by atoms with Crippen LogP contribution in [0.3, 0.4) is 0 Å². The average molecular weight is 476 g/mol. The molecule has 0 aromatic heterocycles. The Morgan fingerprint density at radius 2 is 1.82 bits per heavy atom. The number of piperidine rings is 1. The molecular formula is C26H37NO7. The number of ether oxygens (including phenoxy) is 1. The topological polar surface area (TPSA) is 130 Å². The van der Waals surface area contributed by atoms with Gasteiger partial charge in [0, 0.05) is 25.3 Å². The van der Waals surface area contributed by atoms with Crippen molar-refractivity contribution < 1.29 is 34.1 Å². The van der Waals surface area contributed by atoms with Crippen molar-refractivity contribution in [2.45, 2.75) is 84.0 Å². The van der Waals surface area contributed by atoms with Crippen LogP contribution < -0.4 is 5.32 Å². The molecule has 3 N–H and O–H groups in total. The van der Waals surface area contributed by atoms with Gasteiger partial charge in [0.2, 0.25) is 11.8 Å². The molecule has 2 heterocycles. The van der Waals surface area contributed by atoms with Crippen molar-refractivity contribution in [3.63, 3.8) is 0 Å². The quantitative estimate of drug-likeness (QED) is 0.306. The standard InChI is InChI=1S/C26H37NO7/c1-16-10-17(2)26(34-25(33)9-7-5-4-6-8-20(28)11-16)18(3)22(30)15-21(29)12-19-13-23(31)27-24(32)14-19/h6-10,16,18-21,26,28-29H,4-5,11-15H2,1-3H3,(H,27,31,32)/b8-6+,9-7+,17-10-/t16-,18-,20+,21-,26+/m1/s1. The van der Waals surface area contributed by atoms with Crippen LogP contribution in [0, 0.1) is 17.8 Å². The zero-order valence-corrected chi connectivity index (χ0v) is 20.2. The highest BCUT2D eigenvalue weighted by Crippen LogP contribution is 2.25. The van der Waals surface area contributed by atoms with Crippen LogP contribution in [0.25, 0.3) is 0 Å². The maximum Gasteiger partial charge on any atom is 0.331 e. The zero-order chi connectivity index (χ0) is 25.3. The lowest BCUT2D eigenvalue weighted by Crippen LogP contribution is -2.40. The molecular weight excluding hydrogens is 438 g/mol. The Morgan fingerprint density at radius 1 is 1.18 bits per heavy atom. The number of aliphatic hydroxyl groups excluding tert-OH is 2. The van der Waals surface area contributed by atoms with E-state index in [0.29, 0.717) is 24.8 Å². The summed E-state index contributed by atoms with van der Waals surface area (Å²) in [5.74, 6) is -2.58. The molecule has 0 radical (unpaired) electrons. The van der Waals surface area contributed by atoms with Gasteiger partial charge in [-0.2, -0.15) is 0 Å². The number of rotatable bonds is 6. The number of ketones is 1. The highest BCUT2D eigenvalue weighted by Gasteiger charge is 2.32. The molecule has 0 bridgehead atoms. The highest BCUT2D eigenvalue weighted by molar-refractivity contribution is 5.97. The number of esters is 1. The summed E-state index contributed by atoms with van der Waals surface area (Å²) >= 11 is 0. The highest BCUT2D eigenvalue weighted by atomic mass is 16.5. The molecule has 0 spiro atoms. The largest absolute Gasteiger partial charge is 0.454 e. The number of carbonyl (C=O) groups excluding carboxylic acids is 4. The van der Waals surface area contributed by atoms with Gasteiger partial charge in [-0.25, -0.2) is 4.79 Å². The summed E-state index contributed by atoms with van der Waals surface area (Å²) in [6.45, 7) is 5.40. The zero-order valence-electron chi connectivity index (χ0n) is 20.2. The van der Waals surface area contributed by atoms with E-state index in [1.54, 1.807) is 26.0 Å². The number of amides is 2. The van der Waals surface area contributed by atoms with Crippen molar-refractivity contribution in [2.24, 2.45) is 17.8 Å². The van der Waals surface area contributed by atoms with Gasteiger partial charge in [-0.15, -0.1) is 0 Å². The molecule has 0 saturated carbocycles. The van der Waals surface area contributed by atoms with E-state index in [1.807, 2.05) is 19.1 Å². The lowest BCUT2D eigenvalue weighted by atomic mass is 9.86. The minimum Gasteiger partial charge on any atom is -0.454 e. The third kappa shape index (κ3) is 9.35. The number of Topliss-reactive ketones (excluding diaryl/α,β-unsaturated/α-hetero) is 1. The molecule has 2 aliphatic rings. The first-order chi connectivity index (χ1) is 16.0. The average Bonchev–Trinajstić information content (AvgIpc) is 2.72. The Hall–Kier alpha value is -2.58. The number of imide groups is 1. The van der Waals surface area contributed by atoms with E-state index >= 15 is 0 Å². The molecule has 1 saturated heterocycles. The second-order valence-electron chi connectivity index (χ2n) is 9.55. The summed E-state index contributed by atoms with van der Waals surface area (Å²) in [6.07, 6.45) is 8.28. The van der Waals surface area contributed by atoms with Crippen molar-refractivity contribution in [1.82, 2.24) is 5.32 Å². The van der Waals surface area contributed by atoms with Crippen LogP contribution in [0.15, 0.2) is 36.0 Å². The van der Waals surface area contributed by atoms with Crippen LogP contribution in [0.5, 0.6) is 0 Å². The molecule has 34 heavy (non-hydrogen) atoms. The van der Waals surface area contributed by atoms with Crippen LogP contribution in [-0.4, -0.2) is 52.1 Å². The van der Waals surface area contributed by atoms with E-state index in [-0.39, 0.29) is 55.1 Å². The SMILES string of the molecule is C/C1=C/[C@@H](C)C[C@@H](O)/C=C/CC/C=C/C(=O)O[C@@H]1[C@H](C)C(=O)C[C@H](O)CC1CC(=O)NC(=O)C1. The third-order valence-corrected chi connectivity index (χ3v) is 6.20. The molecule has 188 valence electrons. The molecule has 0 aromatic carbocycles. The summed E-state index contributed by atoms with van der Waals surface area (Å²) in [4.78, 5) is 48.5. The summed E-state index contributed by atoms with van der Waals surface area (Å²) in [6, 6.07) is 0. The second-order valence-corrected chi connectivity index (χ2v) is 9.55. The second kappa shape index (κ2) is 13.3. The lowest BCUT2D eigenvalue weighted by Gasteiger charge is -2.27. The van der Waals surface area contributed by atoms with Gasteiger partial charge >= 0.3 is 5.97 Å². The molecule has 0 aliphatic carbocycles. The van der Waals surface area contributed by atoms with Crippen molar-refractivity contribution in [1.29, 1.82) is 0 Å². The van der Waals surface area contributed by atoms with Gasteiger partial charge in [0.25, 0.3) is 0 Å². The maximum atomic E-state index is 13.0. The summed E-state index contributed by atoms with van der Waals surface area (Å²) in [7, 11) is 0. The van der Waals surface area contributed by atoms with E-state index in [0.717, 1.165) is 0 Å². The number of hydrogen-bond acceptors (Lipinski definition) is 7. The number of nitrogens with one attached hydrogen (secondary N) is 1. The van der Waals surface area contributed by atoms with Gasteiger partial charge in [0.15, 0.2) is 0 Å². The lowest BCUT2D eigenvalue weighted by molar-refractivity contribution is -0.145. The smallest absolute Gasteiger partial charge is 0.331 e. The minimum absolute atomic E-state index is 0.0118. The molecule has 2 rings (SSSR count). The predicted molar refractivity (Wildman–Crippen MR) is 126 cm³/mol. The van der Waals surface area contributed by atoms with E-state index in [2.05, 4.69) is 5.32 Å². The first-order valence-electron chi connectivity index (χ1n) is 12.0.